The van der Waals surface area contributed by atoms with E-state index in [1.807, 2.05) is 13.8 Å². The summed E-state index contributed by atoms with van der Waals surface area (Å²) in [6, 6.07) is 0.311. The van der Waals surface area contributed by atoms with Crippen molar-refractivity contribution in [3.05, 3.63) is 17.6 Å². The molecule has 0 saturated heterocycles. The highest BCUT2D eigenvalue weighted by atomic mass is 16.5. The molecular weight excluding hydrogens is 202 g/mol. The normalized spacial score (nSPS) is 12.5. The van der Waals surface area contributed by atoms with E-state index in [0.717, 1.165) is 30.0 Å². The molecule has 0 radical (unpaired) electrons. The minimum Gasteiger partial charge on any atom is -0.383 e. The summed E-state index contributed by atoms with van der Waals surface area (Å²) in [5.41, 5.74) is 1.95. The number of hydrogen-bond acceptors (Lipinski definition) is 4. The lowest BCUT2D eigenvalue weighted by atomic mass is 10.2. The predicted molar refractivity (Wildman–Crippen MR) is 65.7 cm³/mol. The Morgan fingerprint density at radius 1 is 1.38 bits per heavy atom. The van der Waals surface area contributed by atoms with Crippen LogP contribution in [0.3, 0.4) is 0 Å². The Balaban J connectivity index is 2.65. The fourth-order valence-electron chi connectivity index (χ4n) is 1.57. The highest BCUT2D eigenvalue weighted by molar-refractivity contribution is 5.34. The van der Waals surface area contributed by atoms with Crippen LogP contribution in [-0.2, 0) is 4.74 Å². The van der Waals surface area contributed by atoms with E-state index in [2.05, 4.69) is 22.2 Å². The molecule has 0 spiro atoms. The minimum atomic E-state index is 0.311. The first-order valence-electron chi connectivity index (χ1n) is 5.73. The third-order valence-corrected chi connectivity index (χ3v) is 2.55. The zero-order valence-electron chi connectivity index (χ0n) is 10.6. The van der Waals surface area contributed by atoms with Gasteiger partial charge in [-0.15, -0.1) is 0 Å². The van der Waals surface area contributed by atoms with E-state index >= 15 is 0 Å². The van der Waals surface area contributed by atoms with Crippen LogP contribution in [0.4, 0.5) is 5.82 Å². The van der Waals surface area contributed by atoms with Crippen LogP contribution in [0.25, 0.3) is 0 Å². The van der Waals surface area contributed by atoms with Crippen LogP contribution in [-0.4, -0.2) is 29.7 Å². The van der Waals surface area contributed by atoms with Crippen LogP contribution in [0.1, 0.15) is 31.2 Å². The van der Waals surface area contributed by atoms with Crippen molar-refractivity contribution in [2.75, 3.05) is 19.0 Å². The van der Waals surface area contributed by atoms with Gasteiger partial charge in [-0.05, 0) is 20.3 Å². The van der Waals surface area contributed by atoms with Crippen molar-refractivity contribution < 1.29 is 4.74 Å². The summed E-state index contributed by atoms with van der Waals surface area (Å²) in [7, 11) is 1.72. The molecule has 90 valence electrons. The summed E-state index contributed by atoms with van der Waals surface area (Å²) in [6.45, 7) is 6.79. The van der Waals surface area contributed by atoms with Gasteiger partial charge in [0.25, 0.3) is 0 Å². The van der Waals surface area contributed by atoms with Gasteiger partial charge in [-0.2, -0.15) is 0 Å². The Bertz CT molecular complexity index is 322. The molecule has 1 unspecified atom stereocenters. The molecule has 0 saturated carbocycles. The van der Waals surface area contributed by atoms with Crippen molar-refractivity contribution in [1.29, 1.82) is 0 Å². The van der Waals surface area contributed by atoms with Crippen molar-refractivity contribution in [1.82, 2.24) is 9.97 Å². The van der Waals surface area contributed by atoms with Gasteiger partial charge in [0.05, 0.1) is 30.2 Å². The smallest absolute Gasteiger partial charge is 0.145 e. The van der Waals surface area contributed by atoms with Gasteiger partial charge in [-0.1, -0.05) is 13.3 Å². The summed E-state index contributed by atoms with van der Waals surface area (Å²) < 4.78 is 5.17. The van der Waals surface area contributed by atoms with Crippen LogP contribution in [0.5, 0.6) is 0 Å². The molecular formula is C12H21N3O. The molecule has 1 rings (SSSR count). The Hall–Kier alpha value is -1.16. The van der Waals surface area contributed by atoms with E-state index in [1.54, 1.807) is 13.3 Å². The van der Waals surface area contributed by atoms with E-state index in [0.29, 0.717) is 12.6 Å². The lowest BCUT2D eigenvalue weighted by molar-refractivity contribution is 0.182. The number of aryl methyl sites for hydroxylation is 2. The third-order valence-electron chi connectivity index (χ3n) is 2.55. The summed E-state index contributed by atoms with van der Waals surface area (Å²) in [5, 5.41) is 3.35. The lowest BCUT2D eigenvalue weighted by Crippen LogP contribution is -2.25. The molecule has 4 heteroatoms. The van der Waals surface area contributed by atoms with Gasteiger partial charge in [0.15, 0.2) is 0 Å². The van der Waals surface area contributed by atoms with Crippen molar-refractivity contribution in [2.45, 2.75) is 39.7 Å². The number of nitrogens with one attached hydrogen (secondary N) is 1. The van der Waals surface area contributed by atoms with Crippen LogP contribution in [0.15, 0.2) is 6.20 Å². The van der Waals surface area contributed by atoms with Crippen molar-refractivity contribution in [3.8, 4) is 0 Å². The molecule has 0 amide bonds. The fourth-order valence-corrected chi connectivity index (χ4v) is 1.57. The number of aromatic nitrogens is 2. The largest absolute Gasteiger partial charge is 0.383 e. The Morgan fingerprint density at radius 3 is 2.69 bits per heavy atom. The van der Waals surface area contributed by atoms with E-state index in [4.69, 9.17) is 4.74 Å². The van der Waals surface area contributed by atoms with Crippen molar-refractivity contribution >= 4 is 5.82 Å². The molecule has 0 fully saturated rings. The molecule has 1 N–H and O–H groups in total. The molecule has 0 aliphatic carbocycles. The highest BCUT2D eigenvalue weighted by Crippen LogP contribution is 2.09. The summed E-state index contributed by atoms with van der Waals surface area (Å²) in [5.74, 6) is 0.832. The van der Waals surface area contributed by atoms with Gasteiger partial charge in [0.2, 0.25) is 0 Å². The minimum absolute atomic E-state index is 0.311. The SMILES string of the molecule is CCCC(COC)Nc1cnc(C)c(C)n1. The first-order chi connectivity index (χ1) is 7.67. The van der Waals surface area contributed by atoms with Crippen molar-refractivity contribution in [3.63, 3.8) is 0 Å². The Morgan fingerprint density at radius 2 is 2.12 bits per heavy atom. The molecule has 1 aromatic heterocycles. The summed E-state index contributed by atoms with van der Waals surface area (Å²) in [6.07, 6.45) is 3.97. The zero-order valence-corrected chi connectivity index (χ0v) is 10.6. The van der Waals surface area contributed by atoms with E-state index in [9.17, 15) is 0 Å². The molecule has 0 bridgehead atoms. The average molecular weight is 223 g/mol. The van der Waals surface area contributed by atoms with E-state index in [1.165, 1.54) is 0 Å². The van der Waals surface area contributed by atoms with Gasteiger partial charge < -0.3 is 10.1 Å². The second-order valence-corrected chi connectivity index (χ2v) is 4.01. The average Bonchev–Trinajstić information content (AvgIpc) is 2.24. The summed E-state index contributed by atoms with van der Waals surface area (Å²) in [4.78, 5) is 8.73. The monoisotopic (exact) mass is 223 g/mol. The molecule has 0 aromatic carbocycles. The molecule has 0 aliphatic heterocycles. The van der Waals surface area contributed by atoms with Crippen molar-refractivity contribution in [2.24, 2.45) is 0 Å². The Labute approximate surface area is 97.5 Å². The highest BCUT2D eigenvalue weighted by Gasteiger charge is 2.08. The van der Waals surface area contributed by atoms with Gasteiger partial charge >= 0.3 is 0 Å². The van der Waals surface area contributed by atoms with Gasteiger partial charge in [0.1, 0.15) is 5.82 Å². The zero-order chi connectivity index (χ0) is 12.0. The first-order valence-corrected chi connectivity index (χ1v) is 5.73. The molecule has 1 heterocycles. The Kier molecular flexibility index (Phi) is 5.19. The first kappa shape index (κ1) is 12.9. The van der Waals surface area contributed by atoms with E-state index < -0.39 is 0 Å². The number of methoxy groups -OCH3 is 1. The standard InChI is InChI=1S/C12H21N3O/c1-5-6-11(8-16-4)15-12-7-13-9(2)10(3)14-12/h7,11H,5-6,8H2,1-4H3,(H,14,15). The number of ether oxygens (including phenoxy) is 1. The maximum absolute atomic E-state index is 5.17. The molecule has 1 aromatic rings. The quantitative estimate of drug-likeness (QED) is 0.804. The molecule has 1 atom stereocenters. The number of hydrogen-bond donors (Lipinski definition) is 1. The summed E-state index contributed by atoms with van der Waals surface area (Å²) >= 11 is 0. The molecule has 0 aliphatic rings. The van der Waals surface area contributed by atoms with Gasteiger partial charge in [0, 0.05) is 7.11 Å². The van der Waals surface area contributed by atoms with Crippen LogP contribution in [0.2, 0.25) is 0 Å². The molecule has 4 nitrogen and oxygen atoms in total. The molecule has 16 heavy (non-hydrogen) atoms. The maximum Gasteiger partial charge on any atom is 0.145 e. The van der Waals surface area contributed by atoms with Crippen LogP contribution >= 0.6 is 0 Å². The topological polar surface area (TPSA) is 47.0 Å². The van der Waals surface area contributed by atoms with Crippen LogP contribution < -0.4 is 5.32 Å². The second-order valence-electron chi connectivity index (χ2n) is 4.01. The van der Waals surface area contributed by atoms with E-state index in [-0.39, 0.29) is 0 Å². The number of anilines is 1. The lowest BCUT2D eigenvalue weighted by Gasteiger charge is -2.17. The number of rotatable bonds is 6. The van der Waals surface area contributed by atoms with Gasteiger partial charge in [-0.3, -0.25) is 4.98 Å². The predicted octanol–water partition coefficient (Wildman–Crippen LogP) is 2.32. The third kappa shape index (κ3) is 3.77. The maximum atomic E-state index is 5.17. The van der Waals surface area contributed by atoms with Gasteiger partial charge in [-0.25, -0.2) is 4.98 Å². The fraction of sp³-hybridized carbons (Fsp3) is 0.667. The number of nitrogens with zero attached hydrogens (tertiary/aromatic N) is 2. The second kappa shape index (κ2) is 6.43. The van der Waals surface area contributed by atoms with Crippen LogP contribution in [0, 0.1) is 13.8 Å².